The minimum absolute atomic E-state index is 0. The second-order valence-electron chi connectivity index (χ2n) is 1.89. The Hall–Kier alpha value is 0.801. The van der Waals surface area contributed by atoms with Gasteiger partial charge in [-0.15, -0.1) is 0 Å². The molecule has 0 aromatic heterocycles. The van der Waals surface area contributed by atoms with Crippen molar-refractivity contribution in [3.05, 3.63) is 35.9 Å². The van der Waals surface area contributed by atoms with E-state index < -0.39 is 7.32 Å². The number of aryl methyl sites for hydroxylation is 1. The maximum Gasteiger partial charge on any atom is 1.00 e. The van der Waals surface area contributed by atoms with Crippen LogP contribution in [0.2, 0.25) is 0 Å². The monoisotopic (exact) mass is 192 g/mol. The first kappa shape index (κ1) is 15.3. The molecule has 1 aromatic rings. The molecule has 3 nitrogen and oxygen atoms in total. The molecule has 0 aliphatic heterocycles. The SMILES string of the molecule is Cc1[c-]cccc1.OB(O)O.[K+]. The zero-order valence-corrected chi connectivity index (χ0v) is 10.4. The Bertz CT molecular complexity index is 179. The molecule has 0 radical (unpaired) electrons. The molecule has 3 N–H and O–H groups in total. The smallest absolute Gasteiger partial charge is 0.402 e. The van der Waals surface area contributed by atoms with Crippen LogP contribution in [0.5, 0.6) is 0 Å². The van der Waals surface area contributed by atoms with Gasteiger partial charge in [-0.1, -0.05) is 6.92 Å². The van der Waals surface area contributed by atoms with E-state index >= 15 is 0 Å². The molecule has 5 heteroatoms. The van der Waals surface area contributed by atoms with E-state index in [1.807, 2.05) is 31.2 Å². The van der Waals surface area contributed by atoms with Crippen LogP contribution in [0.1, 0.15) is 5.56 Å². The zero-order chi connectivity index (χ0) is 8.69. The molecule has 0 amide bonds. The molecule has 0 atom stereocenters. The van der Waals surface area contributed by atoms with Gasteiger partial charge in [-0.3, -0.25) is 0 Å². The van der Waals surface area contributed by atoms with Crippen LogP contribution in [-0.4, -0.2) is 22.4 Å². The molecule has 0 heterocycles. The van der Waals surface area contributed by atoms with Crippen molar-refractivity contribution >= 4 is 7.32 Å². The van der Waals surface area contributed by atoms with E-state index in [1.54, 1.807) is 0 Å². The van der Waals surface area contributed by atoms with Crippen LogP contribution in [0.3, 0.4) is 0 Å². The molecule has 0 fully saturated rings. The molecule has 12 heavy (non-hydrogen) atoms. The second-order valence-corrected chi connectivity index (χ2v) is 1.89. The first-order chi connectivity index (χ1) is 5.13. The normalized spacial score (nSPS) is 7.33. The predicted octanol–water partition coefficient (Wildman–Crippen LogP) is -3.25. The fraction of sp³-hybridized carbons (Fsp3) is 0.143. The molecule has 0 aliphatic rings. The molecule has 0 saturated carbocycles. The van der Waals surface area contributed by atoms with Crippen LogP contribution in [0.25, 0.3) is 0 Å². The van der Waals surface area contributed by atoms with E-state index in [0.717, 1.165) is 0 Å². The fourth-order valence-electron chi connectivity index (χ4n) is 0.483. The topological polar surface area (TPSA) is 60.7 Å². The maximum atomic E-state index is 7.17. The minimum atomic E-state index is -2.17. The molecule has 1 aromatic carbocycles. The van der Waals surface area contributed by atoms with Gasteiger partial charge in [0.05, 0.1) is 0 Å². The third kappa shape index (κ3) is 13.4. The van der Waals surface area contributed by atoms with Crippen LogP contribution in [0.15, 0.2) is 24.3 Å². The van der Waals surface area contributed by atoms with E-state index in [9.17, 15) is 0 Å². The van der Waals surface area contributed by atoms with Gasteiger partial charge < -0.3 is 15.1 Å². The van der Waals surface area contributed by atoms with Crippen molar-refractivity contribution in [3.63, 3.8) is 0 Å². The first-order valence-electron chi connectivity index (χ1n) is 3.10. The zero-order valence-electron chi connectivity index (χ0n) is 7.23. The summed E-state index contributed by atoms with van der Waals surface area (Å²) in [5.74, 6) is 0. The molecular weight excluding hydrogens is 182 g/mol. The summed E-state index contributed by atoms with van der Waals surface area (Å²) in [7, 11) is -2.17. The number of hydrogen-bond donors (Lipinski definition) is 3. The third-order valence-electron chi connectivity index (χ3n) is 0.865. The summed E-state index contributed by atoms with van der Waals surface area (Å²) in [5, 5.41) is 21.5. The van der Waals surface area contributed by atoms with Crippen molar-refractivity contribution in [2.45, 2.75) is 6.92 Å². The van der Waals surface area contributed by atoms with Gasteiger partial charge in [0.15, 0.2) is 0 Å². The quantitative estimate of drug-likeness (QED) is 0.299. The van der Waals surface area contributed by atoms with Gasteiger partial charge in [-0.05, 0) is 0 Å². The van der Waals surface area contributed by atoms with Crippen molar-refractivity contribution in [1.82, 2.24) is 0 Å². The van der Waals surface area contributed by atoms with Gasteiger partial charge in [0.1, 0.15) is 0 Å². The van der Waals surface area contributed by atoms with Crippen molar-refractivity contribution in [2.75, 3.05) is 0 Å². The summed E-state index contributed by atoms with van der Waals surface area (Å²) in [4.78, 5) is 0. The van der Waals surface area contributed by atoms with Crippen molar-refractivity contribution in [1.29, 1.82) is 0 Å². The van der Waals surface area contributed by atoms with E-state index in [-0.39, 0.29) is 51.4 Å². The minimum Gasteiger partial charge on any atom is -0.402 e. The van der Waals surface area contributed by atoms with Crippen molar-refractivity contribution in [3.8, 4) is 0 Å². The fourth-order valence-corrected chi connectivity index (χ4v) is 0.483. The number of rotatable bonds is 0. The Kier molecular flexibility index (Phi) is 12.6. The van der Waals surface area contributed by atoms with Gasteiger partial charge in [-0.25, -0.2) is 0 Å². The van der Waals surface area contributed by atoms with Crippen LogP contribution in [-0.2, 0) is 0 Å². The molecule has 0 unspecified atom stereocenters. The van der Waals surface area contributed by atoms with Crippen molar-refractivity contribution in [2.24, 2.45) is 0 Å². The summed E-state index contributed by atoms with van der Waals surface area (Å²) in [6.45, 7) is 2.03. The van der Waals surface area contributed by atoms with E-state index in [2.05, 4.69) is 6.07 Å². The van der Waals surface area contributed by atoms with Crippen LogP contribution >= 0.6 is 0 Å². The molecule has 1 rings (SSSR count). The van der Waals surface area contributed by atoms with E-state index in [1.165, 1.54) is 5.56 Å². The largest absolute Gasteiger partial charge is 1.00 e. The summed E-state index contributed by atoms with van der Waals surface area (Å²) in [5.41, 5.74) is 1.20. The third-order valence-corrected chi connectivity index (χ3v) is 0.865. The van der Waals surface area contributed by atoms with E-state index in [4.69, 9.17) is 15.1 Å². The molecule has 0 saturated heterocycles. The Balaban J connectivity index is 0. The van der Waals surface area contributed by atoms with Gasteiger partial charge >= 0.3 is 58.7 Å². The van der Waals surface area contributed by atoms with Crippen LogP contribution in [0.4, 0.5) is 0 Å². The van der Waals surface area contributed by atoms with Gasteiger partial charge in [-0.2, -0.15) is 35.9 Å². The summed E-state index contributed by atoms with van der Waals surface area (Å²) in [6, 6.07) is 10.9. The molecule has 0 spiro atoms. The maximum absolute atomic E-state index is 7.17. The summed E-state index contributed by atoms with van der Waals surface area (Å²) in [6.07, 6.45) is 0. The Morgan fingerprint density at radius 1 is 1.25 bits per heavy atom. The Morgan fingerprint density at radius 3 is 1.92 bits per heavy atom. The van der Waals surface area contributed by atoms with Gasteiger partial charge in [0.2, 0.25) is 0 Å². The first-order valence-corrected chi connectivity index (χ1v) is 3.10. The molecular formula is C7H10BKO3. The summed E-state index contributed by atoms with van der Waals surface area (Å²) < 4.78 is 0. The van der Waals surface area contributed by atoms with Gasteiger partial charge in [0.25, 0.3) is 0 Å². The van der Waals surface area contributed by atoms with E-state index in [0.29, 0.717) is 0 Å². The molecule has 0 aliphatic carbocycles. The standard InChI is InChI=1S/C7H7.BH3O3.K/c1-7-5-3-2-4-6-7;2-1(3)4;/h2-5H,1H3;2-4H;/q-1;;+1. The molecule has 60 valence electrons. The summed E-state index contributed by atoms with van der Waals surface area (Å²) >= 11 is 0. The van der Waals surface area contributed by atoms with Crippen molar-refractivity contribution < 1.29 is 66.5 Å². The molecule has 0 bridgehead atoms. The Labute approximate surface area is 115 Å². The number of benzene rings is 1. The average molecular weight is 192 g/mol. The van der Waals surface area contributed by atoms with Crippen LogP contribution < -0.4 is 51.4 Å². The van der Waals surface area contributed by atoms with Crippen LogP contribution in [0, 0.1) is 13.0 Å². The average Bonchev–Trinajstić information content (AvgIpc) is 1.87. The number of hydrogen-bond acceptors (Lipinski definition) is 3. The second kappa shape index (κ2) is 9.89. The predicted molar refractivity (Wildman–Crippen MR) is 42.4 cm³/mol. The Morgan fingerprint density at radius 2 is 1.75 bits per heavy atom. The van der Waals surface area contributed by atoms with Gasteiger partial charge in [0, 0.05) is 0 Å².